The maximum Gasteiger partial charge on any atom is 0.245 e. The maximum absolute atomic E-state index is 11.9. The number of aromatic nitrogens is 1. The number of pyridine rings is 1. The van der Waals surface area contributed by atoms with Gasteiger partial charge in [0.1, 0.15) is 4.75 Å². The van der Waals surface area contributed by atoms with Crippen LogP contribution in [0.25, 0.3) is 0 Å². The Labute approximate surface area is 109 Å². The highest BCUT2D eigenvalue weighted by molar-refractivity contribution is 9.10. The summed E-state index contributed by atoms with van der Waals surface area (Å²) in [6, 6.07) is 1.58. The molecule has 1 heterocycles. The molecule has 0 bridgehead atoms. The fraction of sp³-hybridized carbons (Fsp3) is 0.400. The van der Waals surface area contributed by atoms with Gasteiger partial charge in [0.05, 0.1) is 10.2 Å². The molecule has 0 aliphatic carbocycles. The molecule has 0 aliphatic rings. The molecule has 0 aromatic carbocycles. The van der Waals surface area contributed by atoms with Crippen molar-refractivity contribution in [2.75, 3.05) is 11.6 Å². The van der Waals surface area contributed by atoms with Crippen LogP contribution in [0.1, 0.15) is 13.8 Å². The molecule has 0 unspecified atom stereocenters. The van der Waals surface area contributed by atoms with Crippen molar-refractivity contribution in [1.29, 1.82) is 0 Å². The summed E-state index contributed by atoms with van der Waals surface area (Å²) in [6.07, 6.45) is 4.06. The number of nitrogens with one attached hydrogen (secondary N) is 1. The zero-order valence-corrected chi connectivity index (χ0v) is 12.1. The third-order valence-electron chi connectivity index (χ3n) is 2.49. The SMILES string of the molecule is CC(C)(C(=O)Nc1ccncc1Br)S(C)(=O)=O. The van der Waals surface area contributed by atoms with Crippen molar-refractivity contribution in [3.8, 4) is 0 Å². The first kappa shape index (κ1) is 14.1. The molecule has 1 rings (SSSR count). The monoisotopic (exact) mass is 320 g/mol. The molecule has 0 atom stereocenters. The van der Waals surface area contributed by atoms with Gasteiger partial charge in [-0.25, -0.2) is 8.42 Å². The van der Waals surface area contributed by atoms with Crippen molar-refractivity contribution in [2.24, 2.45) is 0 Å². The second-order valence-corrected chi connectivity index (χ2v) is 7.51. The van der Waals surface area contributed by atoms with E-state index < -0.39 is 20.5 Å². The van der Waals surface area contributed by atoms with Crippen LogP contribution in [0.5, 0.6) is 0 Å². The maximum atomic E-state index is 11.9. The van der Waals surface area contributed by atoms with Gasteiger partial charge in [-0.2, -0.15) is 0 Å². The molecule has 0 aliphatic heterocycles. The minimum absolute atomic E-state index is 0.488. The van der Waals surface area contributed by atoms with Crippen molar-refractivity contribution in [2.45, 2.75) is 18.6 Å². The second-order valence-electron chi connectivity index (χ2n) is 4.09. The van der Waals surface area contributed by atoms with Gasteiger partial charge in [0.2, 0.25) is 5.91 Å². The highest BCUT2D eigenvalue weighted by Gasteiger charge is 2.38. The predicted molar refractivity (Wildman–Crippen MR) is 69.5 cm³/mol. The van der Waals surface area contributed by atoms with Crippen molar-refractivity contribution in [3.05, 3.63) is 22.9 Å². The highest BCUT2D eigenvalue weighted by Crippen LogP contribution is 2.23. The Balaban J connectivity index is 2.99. The van der Waals surface area contributed by atoms with Crippen LogP contribution in [0.15, 0.2) is 22.9 Å². The molecule has 0 saturated heterocycles. The van der Waals surface area contributed by atoms with E-state index in [1.807, 2.05) is 0 Å². The molecule has 1 aromatic rings. The van der Waals surface area contributed by atoms with Gasteiger partial charge in [0.25, 0.3) is 0 Å². The molecule has 94 valence electrons. The number of carbonyl (C=O) groups is 1. The fourth-order valence-corrected chi connectivity index (χ4v) is 1.66. The molecule has 17 heavy (non-hydrogen) atoms. The standard InChI is InChI=1S/C10H13BrN2O3S/c1-10(2,17(3,15)16)9(14)13-8-4-5-12-6-7(8)11/h4-6H,1-3H3,(H,12,13,14). The van der Waals surface area contributed by atoms with Crippen LogP contribution in [0.4, 0.5) is 5.69 Å². The summed E-state index contributed by atoms with van der Waals surface area (Å²) in [6.45, 7) is 2.74. The zero-order chi connectivity index (χ0) is 13.3. The number of sulfone groups is 1. The predicted octanol–water partition coefficient (Wildman–Crippen LogP) is 1.61. The molecular weight excluding hydrogens is 308 g/mol. The summed E-state index contributed by atoms with van der Waals surface area (Å²) < 4.78 is 22.1. The van der Waals surface area contributed by atoms with Crippen molar-refractivity contribution >= 4 is 37.4 Å². The number of nitrogens with zero attached hydrogens (tertiary/aromatic N) is 1. The van der Waals surface area contributed by atoms with Crippen LogP contribution in [0, 0.1) is 0 Å². The largest absolute Gasteiger partial charge is 0.324 e. The lowest BCUT2D eigenvalue weighted by Crippen LogP contribution is -2.43. The smallest absolute Gasteiger partial charge is 0.245 e. The first-order valence-electron chi connectivity index (χ1n) is 4.77. The zero-order valence-electron chi connectivity index (χ0n) is 9.69. The van der Waals surface area contributed by atoms with E-state index in [4.69, 9.17) is 0 Å². The molecule has 0 fully saturated rings. The summed E-state index contributed by atoms with van der Waals surface area (Å²) in [5.41, 5.74) is 0.488. The van der Waals surface area contributed by atoms with E-state index in [0.29, 0.717) is 10.2 Å². The Morgan fingerprint density at radius 1 is 1.47 bits per heavy atom. The lowest BCUT2D eigenvalue weighted by atomic mass is 10.2. The first-order chi connectivity index (χ1) is 7.66. The van der Waals surface area contributed by atoms with Crippen molar-refractivity contribution in [3.63, 3.8) is 0 Å². The molecule has 0 saturated carbocycles. The Kier molecular flexibility index (Phi) is 3.93. The highest BCUT2D eigenvalue weighted by atomic mass is 79.9. The molecule has 0 spiro atoms. The molecule has 7 heteroatoms. The minimum Gasteiger partial charge on any atom is -0.324 e. The van der Waals surface area contributed by atoms with Gasteiger partial charge in [0, 0.05) is 18.6 Å². The Bertz CT molecular complexity index is 540. The number of hydrogen-bond acceptors (Lipinski definition) is 4. The van der Waals surface area contributed by atoms with Crippen LogP contribution in [0.2, 0.25) is 0 Å². The van der Waals surface area contributed by atoms with Crippen LogP contribution in [-0.4, -0.2) is 30.3 Å². The molecule has 1 aromatic heterocycles. The first-order valence-corrected chi connectivity index (χ1v) is 7.45. The topological polar surface area (TPSA) is 76.1 Å². The van der Waals surface area contributed by atoms with Crippen LogP contribution >= 0.6 is 15.9 Å². The molecule has 5 nitrogen and oxygen atoms in total. The van der Waals surface area contributed by atoms with E-state index in [-0.39, 0.29) is 0 Å². The molecular formula is C10H13BrN2O3S. The normalized spacial score (nSPS) is 12.2. The Morgan fingerprint density at radius 3 is 2.53 bits per heavy atom. The number of rotatable bonds is 3. The minimum atomic E-state index is -3.48. The van der Waals surface area contributed by atoms with Gasteiger partial charge in [-0.1, -0.05) is 0 Å². The van der Waals surface area contributed by atoms with Gasteiger partial charge in [0.15, 0.2) is 9.84 Å². The van der Waals surface area contributed by atoms with E-state index in [1.54, 1.807) is 6.07 Å². The number of hydrogen-bond donors (Lipinski definition) is 1. The average Bonchev–Trinajstić information content (AvgIpc) is 2.19. The Hall–Kier alpha value is -0.950. The quantitative estimate of drug-likeness (QED) is 0.917. The van der Waals surface area contributed by atoms with Gasteiger partial charge in [-0.3, -0.25) is 9.78 Å². The number of amides is 1. The van der Waals surface area contributed by atoms with Gasteiger partial charge in [-0.05, 0) is 35.8 Å². The van der Waals surface area contributed by atoms with E-state index in [9.17, 15) is 13.2 Å². The second kappa shape index (κ2) is 4.73. The number of anilines is 1. The lowest BCUT2D eigenvalue weighted by Gasteiger charge is -2.21. The summed E-state index contributed by atoms with van der Waals surface area (Å²) in [7, 11) is -3.48. The summed E-state index contributed by atoms with van der Waals surface area (Å²) in [5, 5.41) is 2.55. The van der Waals surface area contributed by atoms with E-state index in [1.165, 1.54) is 26.2 Å². The van der Waals surface area contributed by atoms with Crippen molar-refractivity contribution < 1.29 is 13.2 Å². The third kappa shape index (κ3) is 3.04. The van der Waals surface area contributed by atoms with Crippen LogP contribution in [-0.2, 0) is 14.6 Å². The average molecular weight is 321 g/mol. The summed E-state index contributed by atoms with van der Waals surface area (Å²) >= 11 is 3.22. The van der Waals surface area contributed by atoms with Gasteiger partial charge >= 0.3 is 0 Å². The lowest BCUT2D eigenvalue weighted by molar-refractivity contribution is -0.117. The number of halogens is 1. The van der Waals surface area contributed by atoms with E-state index in [2.05, 4.69) is 26.2 Å². The van der Waals surface area contributed by atoms with Gasteiger partial charge < -0.3 is 5.32 Å². The van der Waals surface area contributed by atoms with Crippen LogP contribution in [0.3, 0.4) is 0 Å². The number of carbonyl (C=O) groups excluding carboxylic acids is 1. The van der Waals surface area contributed by atoms with E-state index >= 15 is 0 Å². The third-order valence-corrected chi connectivity index (χ3v) is 5.17. The van der Waals surface area contributed by atoms with Gasteiger partial charge in [-0.15, -0.1) is 0 Å². The molecule has 0 radical (unpaired) electrons. The van der Waals surface area contributed by atoms with Crippen LogP contribution < -0.4 is 5.32 Å². The van der Waals surface area contributed by atoms with E-state index in [0.717, 1.165) is 6.26 Å². The molecule has 1 N–H and O–H groups in total. The molecule has 1 amide bonds. The fourth-order valence-electron chi connectivity index (χ4n) is 0.918. The Morgan fingerprint density at radius 2 is 2.06 bits per heavy atom. The summed E-state index contributed by atoms with van der Waals surface area (Å²) in [4.78, 5) is 15.7. The summed E-state index contributed by atoms with van der Waals surface area (Å²) in [5.74, 6) is -0.577. The van der Waals surface area contributed by atoms with Crippen molar-refractivity contribution in [1.82, 2.24) is 4.98 Å².